The topological polar surface area (TPSA) is 9.23 Å². The van der Waals surface area contributed by atoms with Crippen LogP contribution in [0, 0.1) is 6.92 Å². The lowest BCUT2D eigenvalue weighted by Gasteiger charge is -2.09. The molecule has 1 nitrogen and oxygen atoms in total. The Bertz CT molecular complexity index is 457. The molecule has 2 rings (SSSR count). The summed E-state index contributed by atoms with van der Waals surface area (Å²) in [6.45, 7) is 4.21. The Labute approximate surface area is 96.7 Å². The molecule has 0 amide bonds. The molecule has 0 radical (unpaired) electrons. The molecule has 82 valence electrons. The summed E-state index contributed by atoms with van der Waals surface area (Å²) < 4.78 is 5.86. The number of hydrogen-bond acceptors (Lipinski definition) is 1. The first-order chi connectivity index (χ1) is 7.79. The first-order valence-corrected chi connectivity index (χ1v) is 5.62. The average Bonchev–Trinajstić information content (AvgIpc) is 2.33. The molecule has 16 heavy (non-hydrogen) atoms. The Morgan fingerprint density at radius 2 is 1.62 bits per heavy atom. The van der Waals surface area contributed by atoms with Gasteiger partial charge in [-0.1, -0.05) is 42.8 Å². The third kappa shape index (κ3) is 2.43. The van der Waals surface area contributed by atoms with Crippen molar-refractivity contribution in [3.63, 3.8) is 0 Å². The highest BCUT2D eigenvalue weighted by Gasteiger charge is 2.01. The van der Waals surface area contributed by atoms with E-state index in [9.17, 15) is 0 Å². The summed E-state index contributed by atoms with van der Waals surface area (Å²) in [5.41, 5.74) is 2.49. The lowest BCUT2D eigenvalue weighted by Crippen LogP contribution is -1.89. The van der Waals surface area contributed by atoms with E-state index in [0.717, 1.165) is 17.9 Å². The molecule has 2 aromatic rings. The van der Waals surface area contributed by atoms with E-state index < -0.39 is 0 Å². The van der Waals surface area contributed by atoms with Gasteiger partial charge in [0.25, 0.3) is 0 Å². The second-order valence-electron chi connectivity index (χ2n) is 3.88. The van der Waals surface area contributed by atoms with E-state index in [0.29, 0.717) is 0 Å². The first kappa shape index (κ1) is 10.7. The summed E-state index contributed by atoms with van der Waals surface area (Å²) >= 11 is 0. The lowest BCUT2D eigenvalue weighted by molar-refractivity contribution is 0.477. The monoisotopic (exact) mass is 212 g/mol. The number of aryl methyl sites for hydroxylation is 2. The summed E-state index contributed by atoms with van der Waals surface area (Å²) in [6, 6.07) is 16.3. The standard InChI is InChI=1S/C15H16O/c1-3-13-6-4-5-7-15(13)16-14-10-8-12(2)9-11-14/h4-11H,3H2,1-2H3. The van der Waals surface area contributed by atoms with Crippen LogP contribution in [0.5, 0.6) is 11.5 Å². The highest BCUT2D eigenvalue weighted by Crippen LogP contribution is 2.25. The average molecular weight is 212 g/mol. The van der Waals surface area contributed by atoms with E-state index in [1.54, 1.807) is 0 Å². The molecule has 1 heteroatoms. The van der Waals surface area contributed by atoms with Gasteiger partial charge in [0.05, 0.1) is 0 Å². The van der Waals surface area contributed by atoms with Gasteiger partial charge in [0, 0.05) is 0 Å². The van der Waals surface area contributed by atoms with Crippen molar-refractivity contribution in [2.24, 2.45) is 0 Å². The zero-order valence-electron chi connectivity index (χ0n) is 9.73. The van der Waals surface area contributed by atoms with Crippen LogP contribution in [0.25, 0.3) is 0 Å². The molecule has 0 aromatic heterocycles. The van der Waals surface area contributed by atoms with Crippen molar-refractivity contribution in [2.75, 3.05) is 0 Å². The summed E-state index contributed by atoms with van der Waals surface area (Å²) in [5.74, 6) is 1.85. The van der Waals surface area contributed by atoms with Crippen molar-refractivity contribution < 1.29 is 4.74 Å². The lowest BCUT2D eigenvalue weighted by atomic mass is 10.1. The van der Waals surface area contributed by atoms with Gasteiger partial charge in [0.2, 0.25) is 0 Å². The Morgan fingerprint density at radius 3 is 2.31 bits per heavy atom. The van der Waals surface area contributed by atoms with Gasteiger partial charge in [-0.3, -0.25) is 0 Å². The number of para-hydroxylation sites is 1. The fraction of sp³-hybridized carbons (Fsp3) is 0.200. The summed E-state index contributed by atoms with van der Waals surface area (Å²) in [4.78, 5) is 0. The second kappa shape index (κ2) is 4.84. The zero-order chi connectivity index (χ0) is 11.4. The van der Waals surface area contributed by atoms with Gasteiger partial charge in [0.1, 0.15) is 11.5 Å². The maximum absolute atomic E-state index is 5.86. The maximum atomic E-state index is 5.86. The van der Waals surface area contributed by atoms with Crippen LogP contribution in [0.1, 0.15) is 18.1 Å². The molecule has 0 atom stereocenters. The third-order valence-corrected chi connectivity index (χ3v) is 2.60. The molecule has 0 heterocycles. The molecule has 0 aliphatic carbocycles. The van der Waals surface area contributed by atoms with Crippen molar-refractivity contribution in [3.8, 4) is 11.5 Å². The Hall–Kier alpha value is -1.76. The van der Waals surface area contributed by atoms with Gasteiger partial charge < -0.3 is 4.74 Å². The van der Waals surface area contributed by atoms with E-state index in [4.69, 9.17) is 4.74 Å². The Balaban J connectivity index is 2.23. The summed E-state index contributed by atoms with van der Waals surface area (Å²) in [5, 5.41) is 0. The van der Waals surface area contributed by atoms with Crippen LogP contribution in [-0.2, 0) is 6.42 Å². The van der Waals surface area contributed by atoms with Gasteiger partial charge in [-0.05, 0) is 37.1 Å². The van der Waals surface area contributed by atoms with E-state index in [-0.39, 0.29) is 0 Å². The quantitative estimate of drug-likeness (QED) is 0.735. The van der Waals surface area contributed by atoms with Crippen LogP contribution in [0.2, 0.25) is 0 Å². The molecule has 0 aliphatic heterocycles. The molecule has 0 unspecified atom stereocenters. The van der Waals surface area contributed by atoms with Gasteiger partial charge in [-0.25, -0.2) is 0 Å². The summed E-state index contributed by atoms with van der Waals surface area (Å²) in [6.07, 6.45) is 0.988. The van der Waals surface area contributed by atoms with E-state index in [2.05, 4.69) is 32.0 Å². The predicted octanol–water partition coefficient (Wildman–Crippen LogP) is 4.35. The molecule has 0 saturated carbocycles. The SMILES string of the molecule is CCc1ccccc1Oc1ccc(C)cc1. The van der Waals surface area contributed by atoms with Gasteiger partial charge in [0.15, 0.2) is 0 Å². The van der Waals surface area contributed by atoms with Crippen LogP contribution < -0.4 is 4.74 Å². The Kier molecular flexibility index (Phi) is 3.25. The van der Waals surface area contributed by atoms with Crippen LogP contribution in [0.3, 0.4) is 0 Å². The van der Waals surface area contributed by atoms with E-state index >= 15 is 0 Å². The minimum Gasteiger partial charge on any atom is -0.457 e. The maximum Gasteiger partial charge on any atom is 0.130 e. The molecule has 2 aromatic carbocycles. The Morgan fingerprint density at radius 1 is 0.938 bits per heavy atom. The normalized spacial score (nSPS) is 10.1. The number of rotatable bonds is 3. The molecular weight excluding hydrogens is 196 g/mol. The van der Waals surface area contributed by atoms with Crippen molar-refractivity contribution in [2.45, 2.75) is 20.3 Å². The molecular formula is C15H16O. The van der Waals surface area contributed by atoms with E-state index in [1.807, 2.05) is 30.3 Å². The van der Waals surface area contributed by atoms with Crippen LogP contribution >= 0.6 is 0 Å². The second-order valence-corrected chi connectivity index (χ2v) is 3.88. The smallest absolute Gasteiger partial charge is 0.130 e. The zero-order valence-corrected chi connectivity index (χ0v) is 9.73. The third-order valence-electron chi connectivity index (χ3n) is 2.60. The molecule has 0 saturated heterocycles. The highest BCUT2D eigenvalue weighted by atomic mass is 16.5. The van der Waals surface area contributed by atoms with Gasteiger partial charge in [-0.2, -0.15) is 0 Å². The van der Waals surface area contributed by atoms with Crippen molar-refractivity contribution in [3.05, 3.63) is 59.7 Å². The fourth-order valence-electron chi connectivity index (χ4n) is 1.63. The first-order valence-electron chi connectivity index (χ1n) is 5.62. The largest absolute Gasteiger partial charge is 0.457 e. The molecule has 0 N–H and O–H groups in total. The van der Waals surface area contributed by atoms with Crippen molar-refractivity contribution >= 4 is 0 Å². The minimum absolute atomic E-state index is 0.895. The van der Waals surface area contributed by atoms with Crippen LogP contribution in [-0.4, -0.2) is 0 Å². The molecule has 0 fully saturated rings. The highest BCUT2D eigenvalue weighted by molar-refractivity contribution is 5.38. The molecule has 0 aliphatic rings. The van der Waals surface area contributed by atoms with Crippen molar-refractivity contribution in [1.29, 1.82) is 0 Å². The van der Waals surface area contributed by atoms with Gasteiger partial charge in [-0.15, -0.1) is 0 Å². The molecule has 0 bridgehead atoms. The number of hydrogen-bond donors (Lipinski definition) is 0. The molecule has 0 spiro atoms. The predicted molar refractivity (Wildman–Crippen MR) is 67.1 cm³/mol. The fourth-order valence-corrected chi connectivity index (χ4v) is 1.63. The summed E-state index contributed by atoms with van der Waals surface area (Å²) in [7, 11) is 0. The van der Waals surface area contributed by atoms with Gasteiger partial charge >= 0.3 is 0 Å². The van der Waals surface area contributed by atoms with Crippen molar-refractivity contribution in [1.82, 2.24) is 0 Å². The number of ether oxygens (including phenoxy) is 1. The van der Waals surface area contributed by atoms with Crippen LogP contribution in [0.4, 0.5) is 0 Å². The van der Waals surface area contributed by atoms with Crippen LogP contribution in [0.15, 0.2) is 48.5 Å². The number of benzene rings is 2. The van der Waals surface area contributed by atoms with E-state index in [1.165, 1.54) is 11.1 Å². The minimum atomic E-state index is 0.895.